The Morgan fingerprint density at radius 1 is 1.00 bits per heavy atom. The molecule has 1 atom stereocenters. The summed E-state index contributed by atoms with van der Waals surface area (Å²) in [6, 6.07) is 7.38. The number of benzene rings is 1. The van der Waals surface area contributed by atoms with Crippen LogP contribution in [0.2, 0.25) is 0 Å². The molecule has 0 aliphatic heterocycles. The monoisotopic (exact) mass is 287 g/mol. The third-order valence-corrected chi connectivity index (χ3v) is 5.25. The lowest BCUT2D eigenvalue weighted by Crippen LogP contribution is -2.38. The standard InChI is InChI=1S/C20H33N/c1-4-21-20(18-13-8-6-5-7-9-14-18)15-19-16(2)11-10-12-17(19)3/h10-12,18,20-21H,4-9,13-15H2,1-3H3. The summed E-state index contributed by atoms with van der Waals surface area (Å²) in [6.45, 7) is 7.87. The number of hydrogen-bond donors (Lipinski definition) is 1. The molecule has 1 aromatic carbocycles. The van der Waals surface area contributed by atoms with E-state index in [0.717, 1.165) is 12.5 Å². The first-order valence-electron chi connectivity index (χ1n) is 9.00. The van der Waals surface area contributed by atoms with Crippen LogP contribution in [-0.2, 0) is 6.42 Å². The van der Waals surface area contributed by atoms with E-state index < -0.39 is 0 Å². The molecule has 1 N–H and O–H groups in total. The van der Waals surface area contributed by atoms with Crippen molar-refractivity contribution in [3.63, 3.8) is 0 Å². The normalized spacial score (nSPS) is 19.0. The van der Waals surface area contributed by atoms with Crippen LogP contribution in [0.5, 0.6) is 0 Å². The van der Waals surface area contributed by atoms with Crippen molar-refractivity contribution in [1.29, 1.82) is 0 Å². The van der Waals surface area contributed by atoms with Gasteiger partial charge in [-0.15, -0.1) is 0 Å². The van der Waals surface area contributed by atoms with E-state index in [1.54, 1.807) is 5.56 Å². The minimum absolute atomic E-state index is 0.660. The average molecular weight is 287 g/mol. The molecule has 0 bridgehead atoms. The van der Waals surface area contributed by atoms with Crippen molar-refractivity contribution in [2.75, 3.05) is 6.54 Å². The van der Waals surface area contributed by atoms with E-state index in [-0.39, 0.29) is 0 Å². The predicted octanol–water partition coefficient (Wildman–Crippen LogP) is 5.18. The molecule has 0 spiro atoms. The maximum Gasteiger partial charge on any atom is 0.0136 e. The molecule has 1 aliphatic rings. The molecule has 1 nitrogen and oxygen atoms in total. The molecule has 21 heavy (non-hydrogen) atoms. The van der Waals surface area contributed by atoms with Crippen LogP contribution in [0, 0.1) is 19.8 Å². The van der Waals surface area contributed by atoms with Gasteiger partial charge in [-0.2, -0.15) is 0 Å². The average Bonchev–Trinajstić information content (AvgIpc) is 2.42. The molecule has 0 radical (unpaired) electrons. The van der Waals surface area contributed by atoms with Crippen LogP contribution >= 0.6 is 0 Å². The van der Waals surface area contributed by atoms with E-state index in [2.05, 4.69) is 44.3 Å². The van der Waals surface area contributed by atoms with Gasteiger partial charge in [-0.3, -0.25) is 0 Å². The molecule has 0 aromatic heterocycles. The van der Waals surface area contributed by atoms with Gasteiger partial charge in [0.1, 0.15) is 0 Å². The van der Waals surface area contributed by atoms with Crippen molar-refractivity contribution in [2.24, 2.45) is 5.92 Å². The lowest BCUT2D eigenvalue weighted by Gasteiger charge is -2.30. The van der Waals surface area contributed by atoms with Crippen LogP contribution < -0.4 is 5.32 Å². The Morgan fingerprint density at radius 2 is 1.57 bits per heavy atom. The fourth-order valence-corrected chi connectivity index (χ4v) is 3.95. The maximum absolute atomic E-state index is 3.80. The summed E-state index contributed by atoms with van der Waals surface area (Å²) in [7, 11) is 0. The third-order valence-electron chi connectivity index (χ3n) is 5.25. The molecular formula is C20H33N. The second-order valence-electron chi connectivity index (χ2n) is 6.84. The smallest absolute Gasteiger partial charge is 0.0136 e. The Kier molecular flexibility index (Phi) is 6.76. The molecule has 1 unspecified atom stereocenters. The van der Waals surface area contributed by atoms with Gasteiger partial charge in [0, 0.05) is 6.04 Å². The van der Waals surface area contributed by atoms with Gasteiger partial charge in [-0.05, 0) is 62.3 Å². The SMILES string of the molecule is CCNC(Cc1c(C)cccc1C)C1CCCCCCC1. The number of aryl methyl sites for hydroxylation is 2. The molecule has 1 saturated carbocycles. The van der Waals surface area contributed by atoms with Crippen LogP contribution in [0.25, 0.3) is 0 Å². The number of nitrogens with one attached hydrogen (secondary N) is 1. The summed E-state index contributed by atoms with van der Waals surface area (Å²) in [6.07, 6.45) is 11.2. The molecule has 118 valence electrons. The Balaban J connectivity index is 2.10. The Bertz CT molecular complexity index is 396. The lowest BCUT2D eigenvalue weighted by atomic mass is 9.82. The van der Waals surface area contributed by atoms with Crippen LogP contribution in [0.3, 0.4) is 0 Å². The molecule has 0 saturated heterocycles. The molecule has 1 fully saturated rings. The highest BCUT2D eigenvalue weighted by Crippen LogP contribution is 2.28. The van der Waals surface area contributed by atoms with Gasteiger partial charge in [-0.1, -0.05) is 57.2 Å². The van der Waals surface area contributed by atoms with E-state index in [9.17, 15) is 0 Å². The van der Waals surface area contributed by atoms with Crippen molar-refractivity contribution in [1.82, 2.24) is 5.32 Å². The highest BCUT2D eigenvalue weighted by atomic mass is 14.9. The summed E-state index contributed by atoms with van der Waals surface area (Å²) in [4.78, 5) is 0. The number of likely N-dealkylation sites (N-methyl/N-ethyl adjacent to an activating group) is 1. The third kappa shape index (κ3) is 4.85. The molecular weight excluding hydrogens is 254 g/mol. The molecule has 0 heterocycles. The van der Waals surface area contributed by atoms with E-state index in [1.165, 1.54) is 62.5 Å². The van der Waals surface area contributed by atoms with E-state index in [0.29, 0.717) is 6.04 Å². The molecule has 1 heteroatoms. The zero-order chi connectivity index (χ0) is 15.1. The number of rotatable bonds is 5. The second kappa shape index (κ2) is 8.58. The maximum atomic E-state index is 3.80. The van der Waals surface area contributed by atoms with Crippen molar-refractivity contribution < 1.29 is 0 Å². The Hall–Kier alpha value is -0.820. The molecule has 0 amide bonds. The van der Waals surface area contributed by atoms with Gasteiger partial charge in [0.15, 0.2) is 0 Å². The highest BCUT2D eigenvalue weighted by Gasteiger charge is 2.22. The van der Waals surface area contributed by atoms with Gasteiger partial charge in [0.2, 0.25) is 0 Å². The summed E-state index contributed by atoms with van der Waals surface area (Å²) in [5, 5.41) is 3.80. The van der Waals surface area contributed by atoms with Crippen LogP contribution in [0.15, 0.2) is 18.2 Å². The second-order valence-corrected chi connectivity index (χ2v) is 6.84. The Labute approximate surface area is 131 Å². The van der Waals surface area contributed by atoms with Crippen molar-refractivity contribution in [3.8, 4) is 0 Å². The minimum atomic E-state index is 0.660. The van der Waals surface area contributed by atoms with E-state index in [1.807, 2.05) is 0 Å². The van der Waals surface area contributed by atoms with Gasteiger partial charge < -0.3 is 5.32 Å². The largest absolute Gasteiger partial charge is 0.314 e. The first-order chi connectivity index (χ1) is 10.2. The lowest BCUT2D eigenvalue weighted by molar-refractivity contribution is 0.285. The zero-order valence-corrected chi connectivity index (χ0v) is 14.3. The fraction of sp³-hybridized carbons (Fsp3) is 0.700. The van der Waals surface area contributed by atoms with E-state index in [4.69, 9.17) is 0 Å². The highest BCUT2D eigenvalue weighted by molar-refractivity contribution is 5.34. The van der Waals surface area contributed by atoms with Crippen LogP contribution in [0.4, 0.5) is 0 Å². The summed E-state index contributed by atoms with van der Waals surface area (Å²) in [5.74, 6) is 0.865. The van der Waals surface area contributed by atoms with E-state index >= 15 is 0 Å². The van der Waals surface area contributed by atoms with Gasteiger partial charge >= 0.3 is 0 Å². The fourth-order valence-electron chi connectivity index (χ4n) is 3.95. The van der Waals surface area contributed by atoms with Gasteiger partial charge in [-0.25, -0.2) is 0 Å². The predicted molar refractivity (Wildman–Crippen MR) is 92.9 cm³/mol. The molecule has 1 aliphatic carbocycles. The quantitative estimate of drug-likeness (QED) is 0.786. The molecule has 1 aromatic rings. The molecule has 2 rings (SSSR count). The Morgan fingerprint density at radius 3 is 2.14 bits per heavy atom. The van der Waals surface area contributed by atoms with Crippen LogP contribution in [0.1, 0.15) is 68.6 Å². The van der Waals surface area contributed by atoms with Crippen molar-refractivity contribution in [3.05, 3.63) is 34.9 Å². The zero-order valence-electron chi connectivity index (χ0n) is 14.3. The van der Waals surface area contributed by atoms with Crippen molar-refractivity contribution >= 4 is 0 Å². The van der Waals surface area contributed by atoms with Crippen LogP contribution in [-0.4, -0.2) is 12.6 Å². The first-order valence-corrected chi connectivity index (χ1v) is 9.00. The summed E-state index contributed by atoms with van der Waals surface area (Å²) < 4.78 is 0. The van der Waals surface area contributed by atoms with Gasteiger partial charge in [0.05, 0.1) is 0 Å². The van der Waals surface area contributed by atoms with Crippen molar-refractivity contribution in [2.45, 2.75) is 78.2 Å². The number of hydrogen-bond acceptors (Lipinski definition) is 1. The summed E-state index contributed by atoms with van der Waals surface area (Å²) >= 11 is 0. The summed E-state index contributed by atoms with van der Waals surface area (Å²) in [5.41, 5.74) is 4.50. The van der Waals surface area contributed by atoms with Gasteiger partial charge in [0.25, 0.3) is 0 Å². The minimum Gasteiger partial charge on any atom is -0.314 e. The first kappa shape index (κ1) is 16.5. The topological polar surface area (TPSA) is 12.0 Å².